The lowest BCUT2D eigenvalue weighted by atomic mass is 9.83. The minimum Gasteiger partial charge on any atom is -0.314 e. The molecule has 100 valence electrons. The fourth-order valence-corrected chi connectivity index (χ4v) is 3.51. The second-order valence-corrected chi connectivity index (χ2v) is 6.61. The Bertz CT molecular complexity index is 252. The van der Waals surface area contributed by atoms with Crippen LogP contribution in [-0.2, 0) is 0 Å². The average Bonchev–Trinajstić information content (AvgIpc) is 2.29. The maximum atomic E-state index is 3.42. The van der Waals surface area contributed by atoms with E-state index in [0.29, 0.717) is 0 Å². The Morgan fingerprint density at radius 3 is 2.71 bits per heavy atom. The topological polar surface area (TPSA) is 18.5 Å². The molecule has 0 saturated carbocycles. The van der Waals surface area contributed by atoms with Crippen LogP contribution in [0.1, 0.15) is 33.1 Å². The van der Waals surface area contributed by atoms with Crippen molar-refractivity contribution in [3.63, 3.8) is 0 Å². The summed E-state index contributed by atoms with van der Waals surface area (Å²) in [6.07, 6.45) is 4.19. The van der Waals surface area contributed by atoms with Gasteiger partial charge in [0.25, 0.3) is 0 Å². The monoisotopic (exact) mass is 239 g/mol. The van der Waals surface area contributed by atoms with Crippen molar-refractivity contribution < 1.29 is 0 Å². The zero-order valence-electron chi connectivity index (χ0n) is 12.0. The fraction of sp³-hybridized carbons (Fsp3) is 1.00. The van der Waals surface area contributed by atoms with E-state index in [1.165, 1.54) is 45.4 Å². The van der Waals surface area contributed by atoms with Crippen molar-refractivity contribution in [1.29, 1.82) is 0 Å². The molecule has 0 aromatic heterocycles. The third-order valence-electron chi connectivity index (χ3n) is 4.73. The Balaban J connectivity index is 1.89. The highest BCUT2D eigenvalue weighted by atomic mass is 15.2. The van der Waals surface area contributed by atoms with E-state index in [-0.39, 0.29) is 5.54 Å². The van der Waals surface area contributed by atoms with Crippen molar-refractivity contribution in [2.45, 2.75) is 44.7 Å². The number of fused-ring (bicyclic) bond motifs is 1. The first-order valence-corrected chi connectivity index (χ1v) is 7.13. The van der Waals surface area contributed by atoms with Crippen LogP contribution in [0.15, 0.2) is 0 Å². The van der Waals surface area contributed by atoms with E-state index in [9.17, 15) is 0 Å². The molecule has 2 saturated heterocycles. The molecule has 3 heteroatoms. The molecule has 17 heavy (non-hydrogen) atoms. The Labute approximate surface area is 107 Å². The van der Waals surface area contributed by atoms with Crippen LogP contribution in [-0.4, -0.2) is 61.7 Å². The van der Waals surface area contributed by atoms with Gasteiger partial charge in [0.1, 0.15) is 0 Å². The van der Waals surface area contributed by atoms with Gasteiger partial charge in [0.2, 0.25) is 0 Å². The molecule has 2 atom stereocenters. The highest BCUT2D eigenvalue weighted by Gasteiger charge is 2.35. The lowest BCUT2D eigenvalue weighted by molar-refractivity contribution is 0.0298. The number of hydrogen-bond donors (Lipinski definition) is 1. The van der Waals surface area contributed by atoms with Crippen molar-refractivity contribution >= 4 is 0 Å². The molecule has 2 heterocycles. The minimum absolute atomic E-state index is 0.243. The van der Waals surface area contributed by atoms with Crippen LogP contribution in [0.3, 0.4) is 0 Å². The van der Waals surface area contributed by atoms with Gasteiger partial charge in [-0.25, -0.2) is 0 Å². The van der Waals surface area contributed by atoms with Crippen molar-refractivity contribution in [1.82, 2.24) is 15.1 Å². The Morgan fingerprint density at radius 1 is 1.24 bits per heavy atom. The number of nitrogens with one attached hydrogen (secondary N) is 1. The van der Waals surface area contributed by atoms with E-state index in [0.717, 1.165) is 12.0 Å². The van der Waals surface area contributed by atoms with Gasteiger partial charge in [-0.2, -0.15) is 0 Å². The summed E-state index contributed by atoms with van der Waals surface area (Å²) in [5.74, 6) is 0.912. The molecular weight excluding hydrogens is 210 g/mol. The Hall–Kier alpha value is -0.120. The third-order valence-corrected chi connectivity index (χ3v) is 4.73. The van der Waals surface area contributed by atoms with Crippen molar-refractivity contribution in [2.75, 3.05) is 40.3 Å². The number of likely N-dealkylation sites (tertiary alicyclic amines) is 2. The standard InChI is InChI=1S/C14H29N3/c1-14(2,15-3)11-17-9-7-13-12(10-17)6-5-8-16(13)4/h12-13,15H,5-11H2,1-4H3. The summed E-state index contributed by atoms with van der Waals surface area (Å²) in [7, 11) is 4.38. The summed E-state index contributed by atoms with van der Waals surface area (Å²) in [5, 5.41) is 3.42. The van der Waals surface area contributed by atoms with E-state index >= 15 is 0 Å². The maximum absolute atomic E-state index is 3.42. The quantitative estimate of drug-likeness (QED) is 0.803. The largest absolute Gasteiger partial charge is 0.314 e. The molecule has 0 aromatic rings. The third kappa shape index (κ3) is 3.21. The Kier molecular flexibility index (Phi) is 4.11. The van der Waals surface area contributed by atoms with Gasteiger partial charge in [-0.05, 0) is 66.2 Å². The van der Waals surface area contributed by atoms with Gasteiger partial charge < -0.3 is 15.1 Å². The summed E-state index contributed by atoms with van der Waals surface area (Å²) in [6.45, 7) is 9.66. The highest BCUT2D eigenvalue weighted by Crippen LogP contribution is 2.29. The first-order valence-electron chi connectivity index (χ1n) is 7.13. The van der Waals surface area contributed by atoms with Crippen molar-refractivity contribution in [3.8, 4) is 0 Å². The normalized spacial score (nSPS) is 32.5. The van der Waals surface area contributed by atoms with Gasteiger partial charge in [-0.1, -0.05) is 0 Å². The number of rotatable bonds is 3. The number of piperidine rings is 2. The van der Waals surface area contributed by atoms with E-state index in [1.54, 1.807) is 0 Å². The molecular formula is C14H29N3. The van der Waals surface area contributed by atoms with Crippen LogP contribution in [0, 0.1) is 5.92 Å². The molecule has 2 fully saturated rings. The van der Waals surface area contributed by atoms with Crippen molar-refractivity contribution in [3.05, 3.63) is 0 Å². The van der Waals surface area contributed by atoms with Gasteiger partial charge in [0.15, 0.2) is 0 Å². The van der Waals surface area contributed by atoms with Crippen LogP contribution in [0.2, 0.25) is 0 Å². The first-order chi connectivity index (χ1) is 8.02. The molecule has 2 rings (SSSR count). The second-order valence-electron chi connectivity index (χ2n) is 6.61. The van der Waals surface area contributed by atoms with Crippen LogP contribution in [0.25, 0.3) is 0 Å². The highest BCUT2D eigenvalue weighted by molar-refractivity contribution is 4.91. The smallest absolute Gasteiger partial charge is 0.0249 e. The zero-order chi connectivity index (χ0) is 12.5. The molecule has 0 amide bonds. The molecule has 2 aliphatic heterocycles. The molecule has 3 nitrogen and oxygen atoms in total. The average molecular weight is 239 g/mol. The van der Waals surface area contributed by atoms with Crippen LogP contribution < -0.4 is 5.32 Å². The van der Waals surface area contributed by atoms with Crippen LogP contribution in [0.4, 0.5) is 0 Å². The summed E-state index contributed by atoms with van der Waals surface area (Å²) in [5.41, 5.74) is 0.243. The maximum Gasteiger partial charge on any atom is 0.0249 e. The molecule has 2 aliphatic rings. The summed E-state index contributed by atoms with van der Waals surface area (Å²) in [6, 6.07) is 0.859. The minimum atomic E-state index is 0.243. The molecule has 0 radical (unpaired) electrons. The molecule has 1 N–H and O–H groups in total. The molecule has 2 unspecified atom stereocenters. The van der Waals surface area contributed by atoms with Crippen LogP contribution in [0.5, 0.6) is 0 Å². The Morgan fingerprint density at radius 2 is 2.00 bits per heavy atom. The summed E-state index contributed by atoms with van der Waals surface area (Å²) < 4.78 is 0. The lowest BCUT2D eigenvalue weighted by Gasteiger charge is -2.47. The number of nitrogens with zero attached hydrogens (tertiary/aromatic N) is 2. The fourth-order valence-electron chi connectivity index (χ4n) is 3.51. The van der Waals surface area contributed by atoms with Gasteiger partial charge >= 0.3 is 0 Å². The summed E-state index contributed by atoms with van der Waals surface area (Å²) in [4.78, 5) is 5.26. The molecule has 0 spiro atoms. The molecule has 0 aromatic carbocycles. The predicted molar refractivity (Wildman–Crippen MR) is 73.3 cm³/mol. The summed E-state index contributed by atoms with van der Waals surface area (Å²) >= 11 is 0. The van der Waals surface area contributed by atoms with E-state index < -0.39 is 0 Å². The molecule has 0 aliphatic carbocycles. The van der Waals surface area contributed by atoms with E-state index in [2.05, 4.69) is 43.1 Å². The molecule has 0 bridgehead atoms. The predicted octanol–water partition coefficient (Wildman–Crippen LogP) is 1.40. The van der Waals surface area contributed by atoms with Gasteiger partial charge in [-0.3, -0.25) is 0 Å². The number of hydrogen-bond acceptors (Lipinski definition) is 3. The zero-order valence-corrected chi connectivity index (χ0v) is 12.0. The van der Waals surface area contributed by atoms with Crippen LogP contribution >= 0.6 is 0 Å². The van der Waals surface area contributed by atoms with Gasteiger partial charge in [0, 0.05) is 24.7 Å². The second kappa shape index (κ2) is 5.25. The SMILES string of the molecule is CNC(C)(C)CN1CCC2C(CCCN2C)C1. The van der Waals surface area contributed by atoms with Crippen molar-refractivity contribution in [2.24, 2.45) is 5.92 Å². The first kappa shape index (κ1) is 13.3. The van der Waals surface area contributed by atoms with E-state index in [4.69, 9.17) is 0 Å². The lowest BCUT2D eigenvalue weighted by Crippen LogP contribution is -2.56. The van der Waals surface area contributed by atoms with E-state index in [1.807, 2.05) is 0 Å². The van der Waals surface area contributed by atoms with Gasteiger partial charge in [0.05, 0.1) is 0 Å². The number of likely N-dealkylation sites (N-methyl/N-ethyl adjacent to an activating group) is 1. The van der Waals surface area contributed by atoms with Gasteiger partial charge in [-0.15, -0.1) is 0 Å².